The van der Waals surface area contributed by atoms with Gasteiger partial charge in [-0.25, -0.2) is 18.7 Å². The highest BCUT2D eigenvalue weighted by atomic mass is 19.1. The summed E-state index contributed by atoms with van der Waals surface area (Å²) in [5.41, 5.74) is 1.81. The van der Waals surface area contributed by atoms with Gasteiger partial charge in [0.15, 0.2) is 5.78 Å². The summed E-state index contributed by atoms with van der Waals surface area (Å²) < 4.78 is 40.6. The second-order valence-corrected chi connectivity index (χ2v) is 7.90. The zero-order valence-corrected chi connectivity index (χ0v) is 18.2. The van der Waals surface area contributed by atoms with Crippen LogP contribution in [-0.2, 0) is 11.3 Å². The van der Waals surface area contributed by atoms with Crippen molar-refractivity contribution in [3.8, 4) is 5.88 Å². The number of halogens is 2. The second-order valence-electron chi connectivity index (χ2n) is 7.90. The van der Waals surface area contributed by atoms with Crippen LogP contribution in [0.3, 0.4) is 0 Å². The molecule has 0 radical (unpaired) electrons. The molecule has 0 aliphatic carbocycles. The summed E-state index contributed by atoms with van der Waals surface area (Å²) in [5, 5.41) is 0. The molecule has 0 amide bonds. The van der Waals surface area contributed by atoms with Gasteiger partial charge in [-0.3, -0.25) is 14.1 Å². The molecule has 9 heteroatoms. The maximum atomic E-state index is 14.0. The molecule has 1 saturated heterocycles. The molecule has 3 heterocycles. The predicted molar refractivity (Wildman–Crippen MR) is 114 cm³/mol. The molecule has 1 aliphatic rings. The van der Waals surface area contributed by atoms with Gasteiger partial charge in [-0.15, -0.1) is 0 Å². The predicted octanol–water partition coefficient (Wildman–Crippen LogP) is 3.50. The molecule has 0 atom stereocenters. The van der Waals surface area contributed by atoms with E-state index in [0.29, 0.717) is 29.1 Å². The maximum absolute atomic E-state index is 14.0. The first-order valence-electron chi connectivity index (χ1n) is 10.7. The first kappa shape index (κ1) is 22.3. The van der Waals surface area contributed by atoms with Crippen molar-refractivity contribution in [3.63, 3.8) is 0 Å². The van der Waals surface area contributed by atoms with Crippen LogP contribution in [0.4, 0.5) is 8.78 Å². The van der Waals surface area contributed by atoms with E-state index < -0.39 is 11.6 Å². The van der Waals surface area contributed by atoms with Crippen molar-refractivity contribution >= 4 is 11.4 Å². The maximum Gasteiger partial charge on any atom is 0.258 e. The van der Waals surface area contributed by atoms with Crippen molar-refractivity contribution in [1.82, 2.24) is 19.3 Å². The quantitative estimate of drug-likeness (QED) is 0.496. The number of benzene rings is 1. The van der Waals surface area contributed by atoms with Crippen molar-refractivity contribution < 1.29 is 23.0 Å². The Morgan fingerprint density at radius 3 is 2.59 bits per heavy atom. The Labute approximate surface area is 185 Å². The highest BCUT2D eigenvalue weighted by Crippen LogP contribution is 2.24. The normalized spacial score (nSPS) is 14.8. The molecule has 0 spiro atoms. The number of hydrogen-bond donors (Lipinski definition) is 0. The fourth-order valence-electron chi connectivity index (χ4n) is 3.90. The lowest BCUT2D eigenvalue weighted by Crippen LogP contribution is -2.37. The van der Waals surface area contributed by atoms with Crippen molar-refractivity contribution in [3.05, 3.63) is 58.7 Å². The lowest BCUT2D eigenvalue weighted by atomic mass is 10.1. The van der Waals surface area contributed by atoms with E-state index in [4.69, 9.17) is 9.47 Å². The number of imidazole rings is 1. The summed E-state index contributed by atoms with van der Waals surface area (Å²) in [5.74, 6) is -1.27. The number of nitrogens with zero attached hydrogens (tertiary/aromatic N) is 4. The molecule has 32 heavy (non-hydrogen) atoms. The standard InChI is InChI=1S/C23H26F2N4O3/c1-15-13-29-21(20(30)7-4-8-28-9-11-31-12-10-28)16(2)27-22(29)23(26-15)32-14-17-18(24)5-3-6-19(17)25/h3,5-6,13H,4,7-12,14H2,1-2H3. The molecule has 1 aromatic carbocycles. The minimum Gasteiger partial charge on any atom is -0.470 e. The topological polar surface area (TPSA) is 69.0 Å². The highest BCUT2D eigenvalue weighted by Gasteiger charge is 2.21. The molecule has 0 bridgehead atoms. The minimum atomic E-state index is -0.690. The lowest BCUT2D eigenvalue weighted by molar-refractivity contribution is 0.0371. The number of aryl methyl sites for hydroxylation is 2. The summed E-state index contributed by atoms with van der Waals surface area (Å²) in [7, 11) is 0. The van der Waals surface area contributed by atoms with Gasteiger partial charge < -0.3 is 9.47 Å². The van der Waals surface area contributed by atoms with E-state index in [2.05, 4.69) is 14.9 Å². The van der Waals surface area contributed by atoms with Gasteiger partial charge >= 0.3 is 0 Å². The van der Waals surface area contributed by atoms with E-state index in [0.717, 1.165) is 39.3 Å². The van der Waals surface area contributed by atoms with Crippen LogP contribution in [0.15, 0.2) is 24.4 Å². The number of Topliss-reactive ketones (excluding diaryl/α,β-unsaturated/α-hetero) is 1. The average Bonchev–Trinajstić information content (AvgIpc) is 3.09. The molecule has 170 valence electrons. The molecule has 1 fully saturated rings. The van der Waals surface area contributed by atoms with Crippen LogP contribution in [0.2, 0.25) is 0 Å². The number of morpholine rings is 1. The van der Waals surface area contributed by atoms with Crippen LogP contribution in [0, 0.1) is 25.5 Å². The molecular weight excluding hydrogens is 418 g/mol. The Bertz CT molecular complexity index is 1110. The SMILES string of the molecule is Cc1cn2c(C(=O)CCCN3CCOCC3)c(C)nc2c(OCc2c(F)cccc2F)n1. The van der Waals surface area contributed by atoms with Gasteiger partial charge in [0.25, 0.3) is 5.88 Å². The van der Waals surface area contributed by atoms with Gasteiger partial charge in [-0.05, 0) is 38.9 Å². The van der Waals surface area contributed by atoms with Crippen LogP contribution in [0.5, 0.6) is 5.88 Å². The van der Waals surface area contributed by atoms with Gasteiger partial charge in [0, 0.05) is 25.7 Å². The van der Waals surface area contributed by atoms with Crippen LogP contribution < -0.4 is 4.74 Å². The summed E-state index contributed by atoms with van der Waals surface area (Å²) >= 11 is 0. The Morgan fingerprint density at radius 2 is 1.88 bits per heavy atom. The second kappa shape index (κ2) is 9.70. The van der Waals surface area contributed by atoms with Crippen molar-refractivity contribution in [2.45, 2.75) is 33.3 Å². The van der Waals surface area contributed by atoms with E-state index >= 15 is 0 Å². The monoisotopic (exact) mass is 444 g/mol. The lowest BCUT2D eigenvalue weighted by Gasteiger charge is -2.26. The Hall–Kier alpha value is -2.91. The third kappa shape index (κ3) is 4.78. The fraction of sp³-hybridized carbons (Fsp3) is 0.435. The summed E-state index contributed by atoms with van der Waals surface area (Å²) in [6.45, 7) is 7.26. The van der Waals surface area contributed by atoms with Crippen LogP contribution in [-0.4, -0.2) is 57.9 Å². The summed E-state index contributed by atoms with van der Waals surface area (Å²) in [6, 6.07) is 3.65. The van der Waals surface area contributed by atoms with Crippen molar-refractivity contribution in [1.29, 1.82) is 0 Å². The van der Waals surface area contributed by atoms with Crippen molar-refractivity contribution in [2.24, 2.45) is 0 Å². The number of aromatic nitrogens is 3. The molecule has 7 nitrogen and oxygen atoms in total. The number of ether oxygens (including phenoxy) is 2. The fourth-order valence-corrected chi connectivity index (χ4v) is 3.90. The Morgan fingerprint density at radius 1 is 1.16 bits per heavy atom. The third-order valence-electron chi connectivity index (χ3n) is 5.53. The minimum absolute atomic E-state index is 0.0139. The largest absolute Gasteiger partial charge is 0.470 e. The number of fused-ring (bicyclic) bond motifs is 1. The average molecular weight is 444 g/mol. The van der Waals surface area contributed by atoms with Crippen LogP contribution in [0.25, 0.3) is 5.65 Å². The molecule has 0 N–H and O–H groups in total. The molecule has 1 aliphatic heterocycles. The molecule has 0 saturated carbocycles. The van der Waals surface area contributed by atoms with E-state index in [9.17, 15) is 13.6 Å². The summed E-state index contributed by atoms with van der Waals surface area (Å²) in [6.07, 6.45) is 2.86. The first-order valence-corrected chi connectivity index (χ1v) is 10.7. The number of carbonyl (C=O) groups is 1. The number of rotatable bonds is 8. The molecular formula is C23H26F2N4O3. The van der Waals surface area contributed by atoms with E-state index in [1.807, 2.05) is 0 Å². The Balaban J connectivity index is 1.52. The molecule has 3 aromatic rings. The highest BCUT2D eigenvalue weighted by molar-refractivity contribution is 5.96. The molecule has 0 unspecified atom stereocenters. The zero-order chi connectivity index (χ0) is 22.7. The van der Waals surface area contributed by atoms with E-state index in [1.54, 1.807) is 24.4 Å². The number of ketones is 1. The van der Waals surface area contributed by atoms with E-state index in [1.165, 1.54) is 18.2 Å². The smallest absolute Gasteiger partial charge is 0.258 e. The zero-order valence-electron chi connectivity index (χ0n) is 18.2. The Kier molecular flexibility index (Phi) is 6.76. The van der Waals surface area contributed by atoms with Gasteiger partial charge in [-0.1, -0.05) is 6.07 Å². The number of carbonyl (C=O) groups excluding carboxylic acids is 1. The number of hydrogen-bond acceptors (Lipinski definition) is 6. The van der Waals surface area contributed by atoms with Crippen LogP contribution in [0.1, 0.15) is 40.3 Å². The molecule has 2 aromatic heterocycles. The van der Waals surface area contributed by atoms with Gasteiger partial charge in [-0.2, -0.15) is 0 Å². The van der Waals surface area contributed by atoms with Gasteiger partial charge in [0.05, 0.1) is 30.2 Å². The van der Waals surface area contributed by atoms with Crippen molar-refractivity contribution in [2.75, 3.05) is 32.8 Å². The van der Waals surface area contributed by atoms with Gasteiger partial charge in [0.1, 0.15) is 23.9 Å². The molecule has 4 rings (SSSR count). The van der Waals surface area contributed by atoms with E-state index in [-0.39, 0.29) is 23.8 Å². The van der Waals surface area contributed by atoms with Gasteiger partial charge in [0.2, 0.25) is 5.65 Å². The third-order valence-corrected chi connectivity index (χ3v) is 5.53. The first-order chi connectivity index (χ1) is 15.4. The van der Waals surface area contributed by atoms with Crippen LogP contribution >= 0.6 is 0 Å². The summed E-state index contributed by atoms with van der Waals surface area (Å²) in [4.78, 5) is 24.1.